The number of piperidine rings is 1. The zero-order chi connectivity index (χ0) is 25.8. The third-order valence-corrected chi connectivity index (χ3v) is 7.21. The molecule has 2 saturated carbocycles. The Labute approximate surface area is 204 Å². The van der Waals surface area contributed by atoms with Crippen LogP contribution in [0.3, 0.4) is 0 Å². The van der Waals surface area contributed by atoms with E-state index in [1.165, 1.54) is 18.1 Å². The van der Waals surface area contributed by atoms with Gasteiger partial charge in [0, 0.05) is 44.8 Å². The summed E-state index contributed by atoms with van der Waals surface area (Å²) in [5.41, 5.74) is -2.16. The van der Waals surface area contributed by atoms with Gasteiger partial charge in [0.15, 0.2) is 5.82 Å². The summed E-state index contributed by atoms with van der Waals surface area (Å²) in [6.45, 7) is 0.640. The highest BCUT2D eigenvalue weighted by molar-refractivity contribution is 5.93. The SMILES string of the molecule is CN(C(=O)Nc1cc(C(F)(F)F)cn(C)c1=O)[C@H]1C[C@H]2C[C@@H]1CN2c1cnc(NC(=O)C2CC2)cn1. The molecule has 5 rings (SSSR count). The minimum atomic E-state index is -4.64. The molecule has 0 unspecified atom stereocenters. The van der Waals surface area contributed by atoms with Crippen molar-refractivity contribution in [3.05, 3.63) is 40.6 Å². The number of halogens is 3. The van der Waals surface area contributed by atoms with Crippen LogP contribution in [0.5, 0.6) is 0 Å². The van der Waals surface area contributed by atoms with E-state index in [4.69, 9.17) is 0 Å². The maximum Gasteiger partial charge on any atom is 0.417 e. The molecule has 2 aromatic rings. The first-order valence-electron chi connectivity index (χ1n) is 11.7. The number of nitrogens with zero attached hydrogens (tertiary/aromatic N) is 5. The Hall–Kier alpha value is -3.64. The molecule has 0 radical (unpaired) electrons. The number of aromatic nitrogens is 3. The number of fused-ring (bicyclic) bond motifs is 2. The van der Waals surface area contributed by atoms with Crippen LogP contribution in [0.15, 0.2) is 29.5 Å². The van der Waals surface area contributed by atoms with Gasteiger partial charge in [0.05, 0.1) is 18.0 Å². The molecule has 2 aromatic heterocycles. The number of hydrogen-bond acceptors (Lipinski definition) is 6. The standard InChI is InChI=1S/C23H26F3N7O3/c1-31-11-14(23(24,25)26)6-16(21(31)35)29-22(36)32(2)17-7-15-5-13(17)10-33(15)19-9-27-18(8-28-19)30-20(34)12-3-4-12/h6,8-9,11-13,15,17H,3-5,7,10H2,1-2H3,(H,29,36)(H,27,30,34)/t13-,15-,17+/m1/s1. The summed E-state index contributed by atoms with van der Waals surface area (Å²) in [5.74, 6) is 1.26. The molecule has 0 aromatic carbocycles. The lowest BCUT2D eigenvalue weighted by molar-refractivity contribution is -0.138. The number of alkyl halides is 3. The van der Waals surface area contributed by atoms with Crippen molar-refractivity contribution in [2.45, 2.75) is 43.9 Å². The van der Waals surface area contributed by atoms with Gasteiger partial charge < -0.3 is 25.0 Å². The lowest BCUT2D eigenvalue weighted by Crippen LogP contribution is -2.48. The molecule has 192 valence electrons. The fourth-order valence-corrected chi connectivity index (χ4v) is 5.10. The predicted octanol–water partition coefficient (Wildman–Crippen LogP) is 2.67. The highest BCUT2D eigenvalue weighted by Crippen LogP contribution is 2.42. The Morgan fingerprint density at radius 3 is 2.47 bits per heavy atom. The molecule has 13 heteroatoms. The van der Waals surface area contributed by atoms with Crippen LogP contribution in [0.4, 0.5) is 35.3 Å². The Bertz CT molecular complexity index is 1240. The molecule has 3 aliphatic rings. The van der Waals surface area contributed by atoms with E-state index in [-0.39, 0.29) is 29.8 Å². The minimum absolute atomic E-state index is 0.0376. The number of aryl methyl sites for hydroxylation is 1. The van der Waals surface area contributed by atoms with Crippen molar-refractivity contribution in [2.24, 2.45) is 18.9 Å². The van der Waals surface area contributed by atoms with Crippen LogP contribution in [0.1, 0.15) is 31.2 Å². The molecule has 2 bridgehead atoms. The average Bonchev–Trinajstić information content (AvgIpc) is 3.50. The van der Waals surface area contributed by atoms with Gasteiger partial charge in [0.1, 0.15) is 11.5 Å². The zero-order valence-electron chi connectivity index (χ0n) is 19.7. The van der Waals surface area contributed by atoms with Crippen LogP contribution in [0.25, 0.3) is 0 Å². The van der Waals surface area contributed by atoms with Crippen LogP contribution in [-0.4, -0.2) is 57.0 Å². The number of rotatable bonds is 5. The van der Waals surface area contributed by atoms with E-state index in [1.54, 1.807) is 13.2 Å². The van der Waals surface area contributed by atoms with Gasteiger partial charge >= 0.3 is 12.2 Å². The van der Waals surface area contributed by atoms with Crippen LogP contribution in [0.2, 0.25) is 0 Å². The smallest absolute Gasteiger partial charge is 0.352 e. The lowest BCUT2D eigenvalue weighted by atomic mass is 10.0. The quantitative estimate of drug-likeness (QED) is 0.646. The normalized spacial score (nSPS) is 23.0. The van der Waals surface area contributed by atoms with Gasteiger partial charge in [-0.25, -0.2) is 14.8 Å². The minimum Gasteiger partial charge on any atom is -0.352 e. The summed E-state index contributed by atoms with van der Waals surface area (Å²) >= 11 is 0. The first-order chi connectivity index (χ1) is 17.0. The molecule has 0 spiro atoms. The van der Waals surface area contributed by atoms with Gasteiger partial charge in [-0.1, -0.05) is 0 Å². The molecule has 3 amide bonds. The van der Waals surface area contributed by atoms with E-state index < -0.39 is 29.0 Å². The molecule has 1 saturated heterocycles. The van der Waals surface area contributed by atoms with Gasteiger partial charge in [-0.3, -0.25) is 9.59 Å². The number of amides is 3. The predicted molar refractivity (Wildman–Crippen MR) is 124 cm³/mol. The van der Waals surface area contributed by atoms with Crippen molar-refractivity contribution in [3.63, 3.8) is 0 Å². The third-order valence-electron chi connectivity index (χ3n) is 7.21. The van der Waals surface area contributed by atoms with E-state index in [1.807, 2.05) is 0 Å². The van der Waals surface area contributed by atoms with Crippen LogP contribution in [-0.2, 0) is 18.0 Å². The Morgan fingerprint density at radius 2 is 1.89 bits per heavy atom. The van der Waals surface area contributed by atoms with E-state index in [2.05, 4.69) is 25.5 Å². The van der Waals surface area contributed by atoms with Gasteiger partial charge in [-0.15, -0.1) is 0 Å². The number of nitrogens with one attached hydrogen (secondary N) is 2. The van der Waals surface area contributed by atoms with Crippen LogP contribution < -0.4 is 21.1 Å². The number of anilines is 3. The summed E-state index contributed by atoms with van der Waals surface area (Å²) in [5, 5.41) is 5.12. The second-order valence-corrected chi connectivity index (χ2v) is 9.73. The summed E-state index contributed by atoms with van der Waals surface area (Å²) in [6, 6.07) is 0.0152. The summed E-state index contributed by atoms with van der Waals surface area (Å²) in [7, 11) is 2.79. The second-order valence-electron chi connectivity index (χ2n) is 9.73. The monoisotopic (exact) mass is 505 g/mol. The molecule has 2 N–H and O–H groups in total. The van der Waals surface area contributed by atoms with E-state index >= 15 is 0 Å². The average molecular weight is 506 g/mol. The maximum absolute atomic E-state index is 13.1. The maximum atomic E-state index is 13.1. The second kappa shape index (κ2) is 8.79. The molecule has 10 nitrogen and oxygen atoms in total. The van der Waals surface area contributed by atoms with E-state index in [0.717, 1.165) is 23.8 Å². The first-order valence-corrected chi connectivity index (χ1v) is 11.7. The number of carbonyl (C=O) groups excluding carboxylic acids is 2. The molecule has 1 aliphatic heterocycles. The largest absolute Gasteiger partial charge is 0.417 e. The van der Waals surface area contributed by atoms with Crippen molar-refractivity contribution in [1.82, 2.24) is 19.4 Å². The zero-order valence-corrected chi connectivity index (χ0v) is 19.7. The summed E-state index contributed by atoms with van der Waals surface area (Å²) in [4.78, 5) is 49.4. The fraction of sp³-hybridized carbons (Fsp3) is 0.522. The number of hydrogen-bond donors (Lipinski definition) is 2. The molecular formula is C23H26F3N7O3. The molecule has 3 atom stereocenters. The topological polar surface area (TPSA) is 112 Å². The van der Waals surface area contributed by atoms with Crippen LogP contribution in [0, 0.1) is 11.8 Å². The summed E-state index contributed by atoms with van der Waals surface area (Å²) in [6.07, 6.45) is 2.49. The van der Waals surface area contributed by atoms with Crippen molar-refractivity contribution < 1.29 is 22.8 Å². The Morgan fingerprint density at radius 1 is 1.14 bits per heavy atom. The molecule has 36 heavy (non-hydrogen) atoms. The molecule has 3 heterocycles. The van der Waals surface area contributed by atoms with Crippen molar-refractivity contribution in [3.8, 4) is 0 Å². The Balaban J connectivity index is 1.21. The van der Waals surface area contributed by atoms with Gasteiger partial charge in [-0.05, 0) is 37.7 Å². The third kappa shape index (κ3) is 4.61. The number of carbonyl (C=O) groups is 2. The highest BCUT2D eigenvalue weighted by Gasteiger charge is 2.47. The van der Waals surface area contributed by atoms with Crippen molar-refractivity contribution in [1.29, 1.82) is 0 Å². The number of pyridine rings is 1. The molecule has 2 aliphatic carbocycles. The van der Waals surface area contributed by atoms with Crippen molar-refractivity contribution >= 4 is 29.3 Å². The van der Waals surface area contributed by atoms with Crippen LogP contribution >= 0.6 is 0 Å². The molecule has 3 fully saturated rings. The Kier molecular flexibility index (Phi) is 5.87. The van der Waals surface area contributed by atoms with Gasteiger partial charge in [0.2, 0.25) is 5.91 Å². The fourth-order valence-electron chi connectivity index (χ4n) is 5.10. The van der Waals surface area contributed by atoms with Gasteiger partial charge in [0.25, 0.3) is 5.56 Å². The highest BCUT2D eigenvalue weighted by atomic mass is 19.4. The van der Waals surface area contributed by atoms with Gasteiger partial charge in [-0.2, -0.15) is 13.2 Å². The number of urea groups is 1. The van der Waals surface area contributed by atoms with Crippen molar-refractivity contribution in [2.75, 3.05) is 29.1 Å². The summed E-state index contributed by atoms with van der Waals surface area (Å²) < 4.78 is 40.2. The first kappa shape index (κ1) is 24.1. The lowest BCUT2D eigenvalue weighted by Gasteiger charge is -2.36. The molecular weight excluding hydrogens is 479 g/mol. The van der Waals surface area contributed by atoms with E-state index in [9.17, 15) is 27.6 Å². The van der Waals surface area contributed by atoms with E-state index in [0.29, 0.717) is 36.9 Å².